The quantitative estimate of drug-likeness (QED) is 0.616. The molecule has 0 aromatic rings. The van der Waals surface area contributed by atoms with Gasteiger partial charge in [-0.05, 0) is 13.0 Å². The van der Waals surface area contributed by atoms with Gasteiger partial charge in [0.25, 0.3) is 5.91 Å². The highest BCUT2D eigenvalue weighted by Crippen LogP contribution is 2.13. The van der Waals surface area contributed by atoms with Crippen LogP contribution in [0.25, 0.3) is 0 Å². The Bertz CT molecular complexity index is 218. The Labute approximate surface area is 66.2 Å². The number of hydrogen-bond donors (Lipinski definition) is 1. The van der Waals surface area contributed by atoms with Crippen LogP contribution in [0, 0.1) is 0 Å². The first-order valence-electron chi connectivity index (χ1n) is 3.65. The first-order valence-corrected chi connectivity index (χ1v) is 3.65. The lowest BCUT2D eigenvalue weighted by molar-refractivity contribution is -0.123. The molecule has 1 aliphatic heterocycles. The van der Waals surface area contributed by atoms with Crippen LogP contribution in [0.3, 0.4) is 0 Å². The number of nitrogens with zero attached hydrogens (tertiary/aromatic N) is 1. The topological polar surface area (TPSA) is 46.3 Å². The minimum atomic E-state index is 0.0311. The van der Waals surface area contributed by atoms with E-state index in [1.54, 1.807) is 17.1 Å². The highest BCUT2D eigenvalue weighted by atomic mass is 16.2. The van der Waals surface area contributed by atoms with E-state index in [9.17, 15) is 4.79 Å². The zero-order valence-electron chi connectivity index (χ0n) is 6.58. The van der Waals surface area contributed by atoms with E-state index in [2.05, 4.69) is 0 Å². The van der Waals surface area contributed by atoms with Crippen LogP contribution in [0.1, 0.15) is 6.92 Å². The lowest BCUT2D eigenvalue weighted by Gasteiger charge is -2.15. The van der Waals surface area contributed by atoms with Gasteiger partial charge in [-0.1, -0.05) is 6.08 Å². The third-order valence-corrected chi connectivity index (χ3v) is 1.62. The molecule has 0 bridgehead atoms. The van der Waals surface area contributed by atoms with Crippen molar-refractivity contribution < 1.29 is 4.79 Å². The molecule has 0 aromatic heterocycles. The summed E-state index contributed by atoms with van der Waals surface area (Å²) in [6.07, 6.45) is 5.26. The number of carbonyl (C=O) groups is 1. The van der Waals surface area contributed by atoms with Crippen molar-refractivity contribution >= 4 is 5.91 Å². The lowest BCUT2D eigenvalue weighted by Crippen LogP contribution is -2.29. The Balaban J connectivity index is 2.70. The average molecular weight is 152 g/mol. The summed E-state index contributed by atoms with van der Waals surface area (Å²) >= 11 is 0. The average Bonchev–Trinajstić information content (AvgIpc) is 2.34. The van der Waals surface area contributed by atoms with Crippen molar-refractivity contribution in [3.05, 3.63) is 23.9 Å². The van der Waals surface area contributed by atoms with Crippen LogP contribution < -0.4 is 5.73 Å². The fraction of sp³-hybridized carbons (Fsp3) is 0.375. The summed E-state index contributed by atoms with van der Waals surface area (Å²) in [5, 5.41) is 0. The summed E-state index contributed by atoms with van der Waals surface area (Å²) in [4.78, 5) is 12.7. The van der Waals surface area contributed by atoms with Crippen molar-refractivity contribution in [1.82, 2.24) is 4.90 Å². The monoisotopic (exact) mass is 152 g/mol. The van der Waals surface area contributed by atoms with Crippen molar-refractivity contribution in [3.63, 3.8) is 0 Å². The maximum Gasteiger partial charge on any atom is 0.251 e. The van der Waals surface area contributed by atoms with Gasteiger partial charge in [-0.3, -0.25) is 4.79 Å². The number of rotatable bonds is 2. The Morgan fingerprint density at radius 1 is 1.64 bits per heavy atom. The molecule has 0 aromatic carbocycles. The van der Waals surface area contributed by atoms with Crippen LogP contribution in [-0.4, -0.2) is 23.9 Å². The molecule has 11 heavy (non-hydrogen) atoms. The highest BCUT2D eigenvalue weighted by Gasteiger charge is 2.17. The molecule has 60 valence electrons. The van der Waals surface area contributed by atoms with Crippen LogP contribution in [0.5, 0.6) is 0 Å². The van der Waals surface area contributed by atoms with Crippen molar-refractivity contribution in [2.45, 2.75) is 6.92 Å². The van der Waals surface area contributed by atoms with Gasteiger partial charge in [0.05, 0.1) is 0 Å². The molecule has 2 N–H and O–H groups in total. The number of allylic oxidation sites excluding steroid dienone is 2. The minimum absolute atomic E-state index is 0.0311. The van der Waals surface area contributed by atoms with E-state index in [1.165, 1.54) is 0 Å². The molecule has 0 fully saturated rings. The molecule has 1 rings (SSSR count). The molecule has 0 atom stereocenters. The van der Waals surface area contributed by atoms with Gasteiger partial charge in [0.2, 0.25) is 0 Å². The summed E-state index contributed by atoms with van der Waals surface area (Å²) in [5.41, 5.74) is 6.28. The molecule has 0 unspecified atom stereocenters. The van der Waals surface area contributed by atoms with Crippen LogP contribution in [0.4, 0.5) is 0 Å². The molecule has 0 aliphatic carbocycles. The van der Waals surface area contributed by atoms with Crippen LogP contribution >= 0.6 is 0 Å². The summed E-state index contributed by atoms with van der Waals surface area (Å²) in [5.74, 6) is 0.0311. The van der Waals surface area contributed by atoms with E-state index in [0.717, 1.165) is 5.70 Å². The molecular formula is C8H12N2O. The predicted octanol–water partition coefficient (Wildman–Crippen LogP) is 0.247. The van der Waals surface area contributed by atoms with E-state index < -0.39 is 0 Å². The molecular weight excluding hydrogens is 140 g/mol. The maximum atomic E-state index is 11.1. The van der Waals surface area contributed by atoms with E-state index in [4.69, 9.17) is 5.73 Å². The van der Waals surface area contributed by atoms with E-state index in [-0.39, 0.29) is 5.91 Å². The molecule has 1 aliphatic rings. The first kappa shape index (κ1) is 8.01. The fourth-order valence-corrected chi connectivity index (χ4v) is 1.08. The number of amides is 1. The first-order chi connectivity index (χ1) is 5.29. The van der Waals surface area contributed by atoms with Crippen molar-refractivity contribution in [2.24, 2.45) is 5.73 Å². The van der Waals surface area contributed by atoms with Crippen molar-refractivity contribution in [2.75, 3.05) is 13.1 Å². The second-order valence-electron chi connectivity index (χ2n) is 2.33. The summed E-state index contributed by atoms with van der Waals surface area (Å²) in [6, 6.07) is 0. The van der Waals surface area contributed by atoms with Gasteiger partial charge in [0.1, 0.15) is 0 Å². The Kier molecular flexibility index (Phi) is 2.44. The molecule has 0 radical (unpaired) electrons. The Morgan fingerprint density at radius 3 is 2.91 bits per heavy atom. The van der Waals surface area contributed by atoms with Crippen molar-refractivity contribution in [1.29, 1.82) is 0 Å². The smallest absolute Gasteiger partial charge is 0.251 e. The van der Waals surface area contributed by atoms with Gasteiger partial charge < -0.3 is 10.6 Å². The second kappa shape index (κ2) is 3.34. The van der Waals surface area contributed by atoms with E-state index >= 15 is 0 Å². The third-order valence-electron chi connectivity index (χ3n) is 1.62. The second-order valence-corrected chi connectivity index (χ2v) is 2.33. The van der Waals surface area contributed by atoms with Gasteiger partial charge in [0.15, 0.2) is 0 Å². The van der Waals surface area contributed by atoms with E-state index in [1.807, 2.05) is 13.0 Å². The van der Waals surface area contributed by atoms with Crippen LogP contribution in [0.2, 0.25) is 0 Å². The van der Waals surface area contributed by atoms with Crippen molar-refractivity contribution in [3.8, 4) is 0 Å². The normalized spacial score (nSPS) is 20.4. The van der Waals surface area contributed by atoms with Gasteiger partial charge in [-0.2, -0.15) is 0 Å². The molecule has 3 nitrogen and oxygen atoms in total. The molecule has 0 saturated carbocycles. The summed E-state index contributed by atoms with van der Waals surface area (Å²) in [7, 11) is 0. The molecule has 3 heteroatoms. The minimum Gasteiger partial charge on any atom is -0.329 e. The molecule has 0 spiro atoms. The predicted molar refractivity (Wildman–Crippen MR) is 43.7 cm³/mol. The molecule has 0 saturated heterocycles. The SMILES string of the molecule is CC=C1C=CC(=O)N1CCN. The zero-order chi connectivity index (χ0) is 8.27. The Hall–Kier alpha value is -1.09. The highest BCUT2D eigenvalue weighted by molar-refractivity contribution is 5.93. The number of carbonyl (C=O) groups excluding carboxylic acids is 1. The van der Waals surface area contributed by atoms with Crippen LogP contribution in [0.15, 0.2) is 23.9 Å². The standard InChI is InChI=1S/C8H12N2O/c1-2-7-3-4-8(11)10(7)6-5-9/h2-4H,5-6,9H2,1H3. The Morgan fingerprint density at radius 2 is 2.36 bits per heavy atom. The van der Waals surface area contributed by atoms with Gasteiger partial charge in [-0.15, -0.1) is 0 Å². The van der Waals surface area contributed by atoms with Gasteiger partial charge in [0, 0.05) is 24.9 Å². The maximum absolute atomic E-state index is 11.1. The number of nitrogens with two attached hydrogens (primary N) is 1. The van der Waals surface area contributed by atoms with Gasteiger partial charge in [-0.25, -0.2) is 0 Å². The lowest BCUT2D eigenvalue weighted by atomic mass is 10.4. The summed E-state index contributed by atoms with van der Waals surface area (Å²) < 4.78 is 0. The largest absolute Gasteiger partial charge is 0.329 e. The third kappa shape index (κ3) is 1.49. The zero-order valence-corrected chi connectivity index (χ0v) is 6.58. The van der Waals surface area contributed by atoms with E-state index in [0.29, 0.717) is 13.1 Å². The fourth-order valence-electron chi connectivity index (χ4n) is 1.08. The molecule has 1 amide bonds. The van der Waals surface area contributed by atoms with Crippen LogP contribution in [-0.2, 0) is 4.79 Å². The number of hydrogen-bond acceptors (Lipinski definition) is 2. The summed E-state index contributed by atoms with van der Waals surface area (Å²) in [6.45, 7) is 3.01. The van der Waals surface area contributed by atoms with Gasteiger partial charge >= 0.3 is 0 Å². The molecule has 1 heterocycles.